The maximum atomic E-state index is 13.2. The molecular weight excluding hydrogens is 486 g/mol. The zero-order valence-electron chi connectivity index (χ0n) is 22.4. The highest BCUT2D eigenvalue weighted by atomic mass is 32.2. The zero-order valence-corrected chi connectivity index (χ0v) is 23.2. The maximum absolute atomic E-state index is 13.2. The van der Waals surface area contributed by atoms with Gasteiger partial charge in [0.2, 0.25) is 11.9 Å². The van der Waals surface area contributed by atoms with E-state index in [1.807, 2.05) is 20.8 Å². The van der Waals surface area contributed by atoms with Gasteiger partial charge in [0.15, 0.2) is 0 Å². The van der Waals surface area contributed by atoms with Crippen LogP contribution in [0.4, 0.5) is 4.79 Å². The van der Waals surface area contributed by atoms with Crippen LogP contribution in [0.3, 0.4) is 0 Å². The van der Waals surface area contributed by atoms with Crippen LogP contribution in [0.25, 0.3) is 0 Å². The third-order valence-corrected chi connectivity index (χ3v) is 7.39. The molecular formula is C24H39N5O6S. The van der Waals surface area contributed by atoms with E-state index in [-0.39, 0.29) is 23.8 Å². The molecule has 1 heterocycles. The van der Waals surface area contributed by atoms with Crippen LogP contribution in [-0.2, 0) is 26.0 Å². The van der Waals surface area contributed by atoms with Crippen molar-refractivity contribution in [1.82, 2.24) is 10.0 Å². The number of alkyl carbamates (subject to hydrolysis) is 1. The Morgan fingerprint density at radius 1 is 1.14 bits per heavy atom. The van der Waals surface area contributed by atoms with Gasteiger partial charge in [0.1, 0.15) is 23.0 Å². The van der Waals surface area contributed by atoms with E-state index in [9.17, 15) is 18.0 Å². The fraction of sp³-hybridized carbons (Fsp3) is 0.625. The van der Waals surface area contributed by atoms with E-state index < -0.39 is 39.3 Å². The monoisotopic (exact) mass is 525 g/mol. The summed E-state index contributed by atoms with van der Waals surface area (Å²) in [5.41, 5.74) is 12.9. The summed E-state index contributed by atoms with van der Waals surface area (Å²) in [7, 11) is -4.01. The molecule has 0 fully saturated rings. The summed E-state index contributed by atoms with van der Waals surface area (Å²) < 4.78 is 40.0. The van der Waals surface area contributed by atoms with Gasteiger partial charge in [-0.25, -0.2) is 17.9 Å². The van der Waals surface area contributed by atoms with Gasteiger partial charge in [0.25, 0.3) is 10.0 Å². The summed E-state index contributed by atoms with van der Waals surface area (Å²) in [6, 6.07) is -0.959. The summed E-state index contributed by atoms with van der Waals surface area (Å²) in [5.74, 6) is -0.262. The van der Waals surface area contributed by atoms with Crippen LogP contribution in [0, 0.1) is 20.8 Å². The van der Waals surface area contributed by atoms with Crippen molar-refractivity contribution in [3.05, 3.63) is 22.3 Å². The lowest BCUT2D eigenvalue weighted by molar-refractivity contribution is -0.120. The average molecular weight is 526 g/mol. The molecule has 1 aliphatic heterocycles. The molecule has 0 aliphatic carbocycles. The summed E-state index contributed by atoms with van der Waals surface area (Å²) >= 11 is 0. The van der Waals surface area contributed by atoms with Crippen molar-refractivity contribution >= 4 is 28.0 Å². The van der Waals surface area contributed by atoms with Gasteiger partial charge in [0.05, 0.1) is 4.90 Å². The average Bonchev–Trinajstić information content (AvgIpc) is 3.02. The summed E-state index contributed by atoms with van der Waals surface area (Å²) in [6.07, 6.45) is 0.329. The third-order valence-electron chi connectivity index (χ3n) is 5.77. The number of nitrogens with two attached hydrogens (primary N) is 2. The smallest absolute Gasteiger partial charge is 0.408 e. The van der Waals surface area contributed by atoms with E-state index in [4.69, 9.17) is 20.9 Å². The molecule has 1 aromatic carbocycles. The second-order valence-corrected chi connectivity index (χ2v) is 12.3. The molecule has 0 radical (unpaired) electrons. The predicted octanol–water partition coefficient (Wildman–Crippen LogP) is 2.08. The molecule has 2 amide bonds. The zero-order chi connectivity index (χ0) is 27.6. The molecule has 1 aromatic rings. The molecule has 1 aliphatic rings. The van der Waals surface area contributed by atoms with Crippen LogP contribution in [0.2, 0.25) is 0 Å². The number of sulfonamides is 1. The Bertz CT molecular complexity index is 1170. The first-order valence-electron chi connectivity index (χ1n) is 11.8. The van der Waals surface area contributed by atoms with E-state index in [1.165, 1.54) is 0 Å². The Labute approximate surface area is 213 Å². The number of hydrogen-bond acceptors (Lipinski definition) is 7. The van der Waals surface area contributed by atoms with Crippen LogP contribution >= 0.6 is 0 Å². The van der Waals surface area contributed by atoms with Crippen LogP contribution in [0.15, 0.2) is 9.89 Å². The minimum atomic E-state index is -4.01. The Morgan fingerprint density at radius 2 is 1.75 bits per heavy atom. The Balaban J connectivity index is 2.08. The van der Waals surface area contributed by atoms with E-state index in [2.05, 4.69) is 15.0 Å². The SMILES string of the molecule is Cc1c(C)c(S(=O)(=O)NC(N)=NCCC[C@H](NC(=O)OC(C)(C)C)C(N)=O)c(C)c2c1OC(C)(C)C2. The number of carbonyl (C=O) groups is 2. The highest BCUT2D eigenvalue weighted by Crippen LogP contribution is 2.43. The summed E-state index contributed by atoms with van der Waals surface area (Å²) in [6.45, 7) is 14.5. The van der Waals surface area contributed by atoms with Crippen molar-refractivity contribution in [1.29, 1.82) is 0 Å². The lowest BCUT2D eigenvalue weighted by Gasteiger charge is -2.22. The molecule has 0 unspecified atom stereocenters. The van der Waals surface area contributed by atoms with Gasteiger partial charge >= 0.3 is 6.09 Å². The molecule has 1 atom stereocenters. The lowest BCUT2D eigenvalue weighted by atomic mass is 9.94. The molecule has 12 heteroatoms. The highest BCUT2D eigenvalue weighted by Gasteiger charge is 2.36. The van der Waals surface area contributed by atoms with Crippen LogP contribution in [0.1, 0.15) is 69.7 Å². The minimum Gasteiger partial charge on any atom is -0.487 e. The van der Waals surface area contributed by atoms with Gasteiger partial charge < -0.3 is 26.3 Å². The van der Waals surface area contributed by atoms with Crippen molar-refractivity contribution in [2.24, 2.45) is 16.5 Å². The molecule has 202 valence electrons. The van der Waals surface area contributed by atoms with E-state index >= 15 is 0 Å². The number of rotatable bonds is 8. The van der Waals surface area contributed by atoms with Gasteiger partial charge in [-0.05, 0) is 84.9 Å². The molecule has 6 N–H and O–H groups in total. The first-order valence-corrected chi connectivity index (χ1v) is 13.3. The van der Waals surface area contributed by atoms with E-state index in [0.717, 1.165) is 16.9 Å². The van der Waals surface area contributed by atoms with Gasteiger partial charge in [0, 0.05) is 18.5 Å². The molecule has 0 aromatic heterocycles. The van der Waals surface area contributed by atoms with Crippen molar-refractivity contribution in [3.8, 4) is 5.75 Å². The third kappa shape index (κ3) is 7.25. The maximum Gasteiger partial charge on any atom is 0.408 e. The first-order chi connectivity index (χ1) is 16.3. The van der Waals surface area contributed by atoms with Gasteiger partial charge in [-0.15, -0.1) is 0 Å². The number of aliphatic imine (C=N–C) groups is 1. The first kappa shape index (κ1) is 29.2. The van der Waals surface area contributed by atoms with E-state index in [1.54, 1.807) is 34.6 Å². The normalized spacial score (nSPS) is 16.1. The molecule has 11 nitrogen and oxygen atoms in total. The second kappa shape index (κ2) is 10.5. The molecule has 0 saturated carbocycles. The number of nitrogens with one attached hydrogen (secondary N) is 2. The number of carbonyl (C=O) groups excluding carboxylic acids is 2. The Hall–Kier alpha value is -3.02. The van der Waals surface area contributed by atoms with Crippen molar-refractivity contribution in [2.45, 2.75) is 96.8 Å². The number of nitrogens with zero attached hydrogens (tertiary/aromatic N) is 1. The quantitative estimate of drug-likeness (QED) is 0.228. The van der Waals surface area contributed by atoms with Crippen molar-refractivity contribution < 1.29 is 27.5 Å². The van der Waals surface area contributed by atoms with Crippen LogP contribution in [-0.4, -0.2) is 50.2 Å². The van der Waals surface area contributed by atoms with Crippen LogP contribution in [0.5, 0.6) is 5.75 Å². The largest absolute Gasteiger partial charge is 0.487 e. The van der Waals surface area contributed by atoms with E-state index in [0.29, 0.717) is 24.0 Å². The molecule has 0 saturated heterocycles. The fourth-order valence-corrected chi connectivity index (χ4v) is 5.62. The van der Waals surface area contributed by atoms with Crippen molar-refractivity contribution in [2.75, 3.05) is 6.54 Å². The van der Waals surface area contributed by atoms with Crippen LogP contribution < -0.4 is 26.2 Å². The number of hydrogen-bond donors (Lipinski definition) is 4. The number of ether oxygens (including phenoxy) is 2. The minimum absolute atomic E-state index is 0.108. The molecule has 2 rings (SSSR count). The number of benzene rings is 1. The van der Waals surface area contributed by atoms with Crippen molar-refractivity contribution in [3.63, 3.8) is 0 Å². The molecule has 36 heavy (non-hydrogen) atoms. The molecule has 0 spiro atoms. The Morgan fingerprint density at radius 3 is 2.31 bits per heavy atom. The predicted molar refractivity (Wildman–Crippen MR) is 137 cm³/mol. The van der Waals surface area contributed by atoms with Gasteiger partial charge in [-0.3, -0.25) is 9.79 Å². The Kier molecular flexibility index (Phi) is 8.55. The number of primary amides is 1. The summed E-state index contributed by atoms with van der Waals surface area (Å²) in [4.78, 5) is 27.8. The lowest BCUT2D eigenvalue weighted by Crippen LogP contribution is -2.46. The van der Waals surface area contributed by atoms with Gasteiger partial charge in [-0.1, -0.05) is 0 Å². The molecule has 0 bridgehead atoms. The number of amides is 2. The van der Waals surface area contributed by atoms with Gasteiger partial charge in [-0.2, -0.15) is 0 Å². The fourth-order valence-electron chi connectivity index (χ4n) is 4.10. The topological polar surface area (TPSA) is 175 Å². The summed E-state index contributed by atoms with van der Waals surface area (Å²) in [5, 5.41) is 2.43. The number of fused-ring (bicyclic) bond motifs is 1. The standard InChI is InChI=1S/C24H39N5O6S/c1-13-14(2)19(15(3)16-12-24(7,8)34-18(13)16)36(32,33)29-21(26)27-11-9-10-17(20(25)30)28-22(31)35-23(4,5)6/h17H,9-12H2,1-8H3,(H2,25,30)(H,28,31)(H3,26,27,29)/t17-/m0/s1. The highest BCUT2D eigenvalue weighted by molar-refractivity contribution is 7.90. The number of guanidine groups is 1. The second-order valence-electron chi connectivity index (χ2n) is 10.7.